The van der Waals surface area contributed by atoms with Crippen LogP contribution in [0.5, 0.6) is 0 Å². The third-order valence-corrected chi connectivity index (χ3v) is 5.58. The number of rotatable bonds is 5. The van der Waals surface area contributed by atoms with Gasteiger partial charge >= 0.3 is 0 Å². The first kappa shape index (κ1) is 19.9. The van der Waals surface area contributed by atoms with Crippen LogP contribution in [0.15, 0.2) is 62.2 Å². The Bertz CT molecular complexity index is 1160. The summed E-state index contributed by atoms with van der Waals surface area (Å²) in [7, 11) is 0. The summed E-state index contributed by atoms with van der Waals surface area (Å²) in [5, 5.41) is 21.8. The third kappa shape index (κ3) is 4.20. The average Bonchev–Trinajstić information content (AvgIpc) is 2.69. The molecule has 140 valence electrons. The summed E-state index contributed by atoms with van der Waals surface area (Å²) in [5.41, 5.74) is -0.481. The molecule has 0 radical (unpaired) electrons. The van der Waals surface area contributed by atoms with Gasteiger partial charge in [-0.25, -0.2) is 4.98 Å². The molecule has 0 atom stereocenters. The minimum atomic E-state index is -0.584. The molecule has 28 heavy (non-hydrogen) atoms. The first-order valence-corrected chi connectivity index (χ1v) is 10.2. The molecule has 0 aliphatic carbocycles. The van der Waals surface area contributed by atoms with E-state index in [0.717, 1.165) is 4.90 Å². The van der Waals surface area contributed by atoms with Crippen molar-refractivity contribution in [3.8, 4) is 17.3 Å². The van der Waals surface area contributed by atoms with Gasteiger partial charge in [0.15, 0.2) is 5.16 Å². The molecule has 2 aromatic carbocycles. The van der Waals surface area contributed by atoms with E-state index in [1.165, 1.54) is 29.6 Å². The van der Waals surface area contributed by atoms with Crippen molar-refractivity contribution in [1.82, 2.24) is 9.97 Å². The van der Waals surface area contributed by atoms with E-state index in [2.05, 4.69) is 9.97 Å². The zero-order valence-corrected chi connectivity index (χ0v) is 16.7. The highest BCUT2D eigenvalue weighted by Crippen LogP contribution is 2.37. The molecule has 0 spiro atoms. The number of thioether (sulfide) groups is 1. The third-order valence-electron chi connectivity index (χ3n) is 3.67. The zero-order valence-electron chi connectivity index (χ0n) is 14.3. The van der Waals surface area contributed by atoms with Crippen LogP contribution in [0.3, 0.4) is 0 Å². The minimum absolute atomic E-state index is 0.113. The summed E-state index contributed by atoms with van der Waals surface area (Å²) in [6.07, 6.45) is 1.72. The van der Waals surface area contributed by atoms with Crippen molar-refractivity contribution in [2.75, 3.05) is 6.26 Å². The maximum atomic E-state index is 12.1. The predicted octanol–water partition coefficient (Wildman–Crippen LogP) is 4.74. The smallest absolute Gasteiger partial charge is 0.283 e. The number of nitro groups is 1. The second-order valence-electron chi connectivity index (χ2n) is 5.41. The van der Waals surface area contributed by atoms with Crippen LogP contribution in [-0.4, -0.2) is 21.1 Å². The lowest BCUT2D eigenvalue weighted by Crippen LogP contribution is -2.14. The van der Waals surface area contributed by atoms with Gasteiger partial charge in [0, 0.05) is 21.5 Å². The molecule has 0 fully saturated rings. The van der Waals surface area contributed by atoms with Gasteiger partial charge < -0.3 is 4.98 Å². The van der Waals surface area contributed by atoms with Crippen molar-refractivity contribution in [3.63, 3.8) is 0 Å². The molecule has 0 saturated carbocycles. The average molecular weight is 431 g/mol. The van der Waals surface area contributed by atoms with E-state index in [9.17, 15) is 20.2 Å². The van der Waals surface area contributed by atoms with E-state index in [1.54, 1.807) is 42.7 Å². The second-order valence-corrected chi connectivity index (χ2v) is 7.75. The van der Waals surface area contributed by atoms with E-state index in [0.29, 0.717) is 20.6 Å². The number of benzene rings is 2. The molecule has 1 N–H and O–H groups in total. The van der Waals surface area contributed by atoms with Crippen LogP contribution < -0.4 is 5.56 Å². The Hall–Kier alpha value is -2.80. The van der Waals surface area contributed by atoms with E-state index in [1.807, 2.05) is 6.07 Å². The number of nitrogens with zero attached hydrogens (tertiary/aromatic N) is 3. The van der Waals surface area contributed by atoms with Gasteiger partial charge in [0.25, 0.3) is 11.2 Å². The number of nitriles is 1. The van der Waals surface area contributed by atoms with Crippen molar-refractivity contribution in [1.29, 1.82) is 5.26 Å². The molecule has 1 heterocycles. The highest BCUT2D eigenvalue weighted by molar-refractivity contribution is 7.99. The molecule has 0 amide bonds. The van der Waals surface area contributed by atoms with Gasteiger partial charge in [0.05, 0.1) is 15.5 Å². The molecule has 10 heteroatoms. The first-order valence-electron chi connectivity index (χ1n) is 7.73. The summed E-state index contributed by atoms with van der Waals surface area (Å²) < 4.78 is 0. The summed E-state index contributed by atoms with van der Waals surface area (Å²) in [6.45, 7) is 0. The van der Waals surface area contributed by atoms with E-state index in [-0.39, 0.29) is 16.9 Å². The maximum Gasteiger partial charge on any atom is 0.283 e. The maximum absolute atomic E-state index is 12.1. The Labute approximate surface area is 172 Å². The van der Waals surface area contributed by atoms with Crippen LogP contribution in [0.1, 0.15) is 5.56 Å². The van der Waals surface area contributed by atoms with Crippen molar-refractivity contribution < 1.29 is 4.92 Å². The molecule has 7 nitrogen and oxygen atoms in total. The van der Waals surface area contributed by atoms with Crippen LogP contribution in [0.25, 0.3) is 11.3 Å². The van der Waals surface area contributed by atoms with Crippen LogP contribution in [0.4, 0.5) is 5.69 Å². The SMILES string of the molecule is CSc1nc(-c2ccc(Sc3ccc(Cl)cc3)c([N+](=O)[O-])c2)c(C#N)c(=O)[nH]1. The lowest BCUT2D eigenvalue weighted by molar-refractivity contribution is -0.387. The van der Waals surface area contributed by atoms with E-state index in [4.69, 9.17) is 11.6 Å². The predicted molar refractivity (Wildman–Crippen MR) is 109 cm³/mol. The number of halogens is 1. The molecule has 1 aromatic heterocycles. The van der Waals surface area contributed by atoms with Gasteiger partial charge in [-0.05, 0) is 36.6 Å². The summed E-state index contributed by atoms with van der Waals surface area (Å²) >= 11 is 8.29. The molecule has 3 aromatic rings. The largest absolute Gasteiger partial charge is 0.300 e. The van der Waals surface area contributed by atoms with Crippen molar-refractivity contribution in [3.05, 3.63) is 73.5 Å². The topological polar surface area (TPSA) is 113 Å². The Morgan fingerprint density at radius 2 is 1.96 bits per heavy atom. The summed E-state index contributed by atoms with van der Waals surface area (Å²) in [5.74, 6) is 0. The fourth-order valence-corrected chi connectivity index (χ4v) is 3.79. The van der Waals surface area contributed by atoms with Crippen LogP contribution in [0, 0.1) is 21.4 Å². The highest BCUT2D eigenvalue weighted by atomic mass is 35.5. The lowest BCUT2D eigenvalue weighted by Gasteiger charge is -2.08. The first-order chi connectivity index (χ1) is 13.4. The summed E-state index contributed by atoms with van der Waals surface area (Å²) in [6, 6.07) is 13.3. The molecule has 0 aliphatic rings. The van der Waals surface area contributed by atoms with Gasteiger partial charge in [0.1, 0.15) is 11.6 Å². The lowest BCUT2D eigenvalue weighted by atomic mass is 10.1. The number of aromatic nitrogens is 2. The molecule has 0 bridgehead atoms. The molecule has 3 rings (SSSR count). The number of nitro benzene ring substituents is 1. The van der Waals surface area contributed by atoms with Gasteiger partial charge in [-0.2, -0.15) is 5.26 Å². The minimum Gasteiger partial charge on any atom is -0.300 e. The Morgan fingerprint density at radius 1 is 1.25 bits per heavy atom. The molecular formula is C18H11ClN4O3S2. The Balaban J connectivity index is 2.11. The van der Waals surface area contributed by atoms with Gasteiger partial charge in [-0.1, -0.05) is 41.2 Å². The van der Waals surface area contributed by atoms with Crippen molar-refractivity contribution in [2.45, 2.75) is 14.9 Å². The Morgan fingerprint density at radius 3 is 2.57 bits per heavy atom. The summed E-state index contributed by atoms with van der Waals surface area (Å²) in [4.78, 5) is 31.2. The molecular weight excluding hydrogens is 420 g/mol. The van der Waals surface area contributed by atoms with Crippen LogP contribution in [0.2, 0.25) is 5.02 Å². The number of nitrogens with one attached hydrogen (secondary N) is 1. The van der Waals surface area contributed by atoms with E-state index >= 15 is 0 Å². The normalized spacial score (nSPS) is 10.5. The molecule has 0 aliphatic heterocycles. The van der Waals surface area contributed by atoms with E-state index < -0.39 is 10.5 Å². The van der Waals surface area contributed by atoms with Crippen LogP contribution >= 0.6 is 35.1 Å². The second kappa shape index (κ2) is 8.48. The molecule has 0 saturated heterocycles. The number of hydrogen-bond donors (Lipinski definition) is 1. The monoisotopic (exact) mass is 430 g/mol. The molecule has 0 unspecified atom stereocenters. The van der Waals surface area contributed by atoms with Crippen molar-refractivity contribution in [2.24, 2.45) is 0 Å². The van der Waals surface area contributed by atoms with Gasteiger partial charge in [-0.15, -0.1) is 0 Å². The van der Waals surface area contributed by atoms with Crippen molar-refractivity contribution >= 4 is 40.8 Å². The van der Waals surface area contributed by atoms with Gasteiger partial charge in [-0.3, -0.25) is 14.9 Å². The number of H-pyrrole nitrogens is 1. The number of aromatic amines is 1. The Kier molecular flexibility index (Phi) is 6.04. The van der Waals surface area contributed by atoms with Crippen LogP contribution in [-0.2, 0) is 0 Å². The highest BCUT2D eigenvalue weighted by Gasteiger charge is 2.20. The zero-order chi connectivity index (χ0) is 20.3. The van der Waals surface area contributed by atoms with Gasteiger partial charge in [0.2, 0.25) is 0 Å². The quantitative estimate of drug-likeness (QED) is 0.269. The standard InChI is InChI=1S/C18H11ClN4O3S2/c1-27-18-21-16(13(9-20)17(24)22-18)10-2-7-15(14(8-10)23(25)26)28-12-5-3-11(19)4-6-12/h2-8H,1H3,(H,21,22,24). The fraction of sp³-hybridized carbons (Fsp3) is 0.0556. The fourth-order valence-electron chi connectivity index (χ4n) is 2.39. The number of hydrogen-bond acceptors (Lipinski definition) is 7.